The van der Waals surface area contributed by atoms with Crippen LogP contribution in [0.1, 0.15) is 10.4 Å². The van der Waals surface area contributed by atoms with Gasteiger partial charge in [0.1, 0.15) is 17.5 Å². The maximum atomic E-state index is 13.3. The molecule has 22 heavy (non-hydrogen) atoms. The van der Waals surface area contributed by atoms with Crippen molar-refractivity contribution in [3.05, 3.63) is 65.5 Å². The van der Waals surface area contributed by atoms with Gasteiger partial charge < -0.3 is 10.1 Å². The van der Waals surface area contributed by atoms with E-state index in [4.69, 9.17) is 0 Å². The lowest BCUT2D eigenvalue weighted by Crippen LogP contribution is -2.21. The second kappa shape index (κ2) is 6.75. The molecule has 0 saturated heterocycles. The second-order valence-corrected chi connectivity index (χ2v) is 4.26. The molecule has 2 aromatic rings. The van der Waals surface area contributed by atoms with Gasteiger partial charge in [-0.15, -0.1) is 0 Å². The third-order valence-electron chi connectivity index (χ3n) is 2.61. The highest BCUT2D eigenvalue weighted by Gasteiger charge is 2.15. The smallest absolute Gasteiger partial charge is 0.341 e. The van der Waals surface area contributed by atoms with Gasteiger partial charge in [0, 0.05) is 5.69 Å². The van der Waals surface area contributed by atoms with Crippen LogP contribution in [-0.2, 0) is 9.53 Å². The summed E-state index contributed by atoms with van der Waals surface area (Å²) in [5, 5.41) is 2.35. The van der Waals surface area contributed by atoms with Crippen molar-refractivity contribution in [2.45, 2.75) is 0 Å². The molecule has 0 heterocycles. The van der Waals surface area contributed by atoms with Crippen LogP contribution in [0.25, 0.3) is 0 Å². The highest BCUT2D eigenvalue weighted by atomic mass is 19.1. The molecule has 1 amide bonds. The molecule has 2 rings (SSSR count). The zero-order chi connectivity index (χ0) is 16.1. The van der Waals surface area contributed by atoms with Crippen LogP contribution in [0.4, 0.5) is 18.9 Å². The first-order valence-corrected chi connectivity index (χ1v) is 6.13. The molecule has 0 unspecified atom stereocenters. The van der Waals surface area contributed by atoms with Crippen LogP contribution >= 0.6 is 0 Å². The number of rotatable bonds is 4. The number of esters is 1. The van der Waals surface area contributed by atoms with E-state index in [1.165, 1.54) is 12.1 Å². The molecule has 0 aliphatic heterocycles. The third kappa shape index (κ3) is 4.08. The van der Waals surface area contributed by atoms with Crippen molar-refractivity contribution < 1.29 is 27.5 Å². The average Bonchev–Trinajstić information content (AvgIpc) is 2.49. The number of halogens is 3. The maximum absolute atomic E-state index is 13.3. The monoisotopic (exact) mass is 309 g/mol. The highest BCUT2D eigenvalue weighted by Crippen LogP contribution is 2.11. The molecule has 7 heteroatoms. The van der Waals surface area contributed by atoms with Gasteiger partial charge in [0.25, 0.3) is 5.91 Å². The molecule has 0 aliphatic carbocycles. The van der Waals surface area contributed by atoms with Crippen LogP contribution in [0.2, 0.25) is 0 Å². The van der Waals surface area contributed by atoms with Crippen molar-refractivity contribution in [3.8, 4) is 0 Å². The number of nitrogens with one attached hydrogen (secondary N) is 1. The van der Waals surface area contributed by atoms with Crippen LogP contribution < -0.4 is 5.32 Å². The number of benzene rings is 2. The Bertz CT molecular complexity index is 702. The van der Waals surface area contributed by atoms with Gasteiger partial charge >= 0.3 is 5.97 Å². The van der Waals surface area contributed by atoms with Crippen LogP contribution in [0.15, 0.2) is 42.5 Å². The topological polar surface area (TPSA) is 55.4 Å². The highest BCUT2D eigenvalue weighted by molar-refractivity contribution is 5.95. The number of carbonyl (C=O) groups excluding carboxylic acids is 2. The van der Waals surface area contributed by atoms with Gasteiger partial charge in [-0.25, -0.2) is 18.0 Å². The summed E-state index contributed by atoms with van der Waals surface area (Å²) in [4.78, 5) is 23.1. The van der Waals surface area contributed by atoms with Gasteiger partial charge in [0.05, 0.1) is 5.56 Å². The molecule has 114 valence electrons. The van der Waals surface area contributed by atoms with E-state index in [0.717, 1.165) is 24.3 Å². The number of ether oxygens (including phenoxy) is 1. The number of anilines is 1. The van der Waals surface area contributed by atoms with Gasteiger partial charge in [0.15, 0.2) is 6.61 Å². The summed E-state index contributed by atoms with van der Waals surface area (Å²) in [6, 6.07) is 7.24. The standard InChI is InChI=1S/C15H10F3NO3/c16-9-1-4-11(5-2-9)19-14(20)8-22-15(21)12-7-10(17)3-6-13(12)18/h1-7H,8H2,(H,19,20). The molecule has 0 atom stereocenters. The van der Waals surface area contributed by atoms with Gasteiger partial charge in [-0.05, 0) is 42.5 Å². The number of carbonyl (C=O) groups is 2. The van der Waals surface area contributed by atoms with Gasteiger partial charge in [0.2, 0.25) is 0 Å². The molecule has 2 aromatic carbocycles. The molecular formula is C15H10F3NO3. The van der Waals surface area contributed by atoms with E-state index in [1.54, 1.807) is 0 Å². The molecule has 1 N–H and O–H groups in total. The van der Waals surface area contributed by atoms with E-state index in [0.29, 0.717) is 11.8 Å². The first kappa shape index (κ1) is 15.6. The van der Waals surface area contributed by atoms with Crippen molar-refractivity contribution in [2.75, 3.05) is 11.9 Å². The fraction of sp³-hybridized carbons (Fsp3) is 0.0667. The van der Waals surface area contributed by atoms with Crippen molar-refractivity contribution in [1.82, 2.24) is 0 Å². The Balaban J connectivity index is 1.91. The van der Waals surface area contributed by atoms with Crippen molar-refractivity contribution in [3.63, 3.8) is 0 Å². The zero-order valence-electron chi connectivity index (χ0n) is 11.1. The van der Waals surface area contributed by atoms with E-state index < -0.39 is 41.5 Å². The minimum Gasteiger partial charge on any atom is -0.452 e. The molecule has 0 aromatic heterocycles. The predicted octanol–water partition coefficient (Wildman–Crippen LogP) is 2.90. The fourth-order valence-electron chi connectivity index (χ4n) is 1.59. The number of hydrogen-bond donors (Lipinski definition) is 1. The summed E-state index contributed by atoms with van der Waals surface area (Å²) in [7, 11) is 0. The predicted molar refractivity (Wildman–Crippen MR) is 71.7 cm³/mol. The average molecular weight is 309 g/mol. The van der Waals surface area contributed by atoms with Gasteiger partial charge in [-0.1, -0.05) is 0 Å². The fourth-order valence-corrected chi connectivity index (χ4v) is 1.59. The molecule has 0 radical (unpaired) electrons. The SMILES string of the molecule is O=C(COC(=O)c1cc(F)ccc1F)Nc1ccc(F)cc1. The Hall–Kier alpha value is -2.83. The summed E-state index contributed by atoms with van der Waals surface area (Å²) in [5.41, 5.74) is -0.297. The quantitative estimate of drug-likeness (QED) is 0.884. The van der Waals surface area contributed by atoms with E-state index in [9.17, 15) is 22.8 Å². The minimum absolute atomic E-state index is 0.305. The third-order valence-corrected chi connectivity index (χ3v) is 2.61. The maximum Gasteiger partial charge on any atom is 0.341 e. The molecule has 0 saturated carbocycles. The van der Waals surface area contributed by atoms with Crippen molar-refractivity contribution >= 4 is 17.6 Å². The molecule has 0 bridgehead atoms. The minimum atomic E-state index is -1.16. The Morgan fingerprint density at radius 3 is 2.27 bits per heavy atom. The van der Waals surface area contributed by atoms with Crippen LogP contribution in [-0.4, -0.2) is 18.5 Å². The molecule has 0 fully saturated rings. The van der Waals surface area contributed by atoms with Crippen molar-refractivity contribution in [1.29, 1.82) is 0 Å². The molecular weight excluding hydrogens is 299 g/mol. The van der Waals surface area contributed by atoms with E-state index in [-0.39, 0.29) is 0 Å². The Labute approximate surface area is 123 Å². The van der Waals surface area contributed by atoms with E-state index >= 15 is 0 Å². The normalized spacial score (nSPS) is 10.1. The van der Waals surface area contributed by atoms with Crippen LogP contribution in [0, 0.1) is 17.5 Å². The van der Waals surface area contributed by atoms with Crippen LogP contribution in [0.3, 0.4) is 0 Å². The lowest BCUT2D eigenvalue weighted by atomic mass is 10.2. The Morgan fingerprint density at radius 1 is 0.955 bits per heavy atom. The Morgan fingerprint density at radius 2 is 1.59 bits per heavy atom. The Kier molecular flexibility index (Phi) is 4.77. The van der Waals surface area contributed by atoms with E-state index in [2.05, 4.69) is 10.1 Å². The summed E-state index contributed by atoms with van der Waals surface area (Å²) < 4.78 is 43.5. The number of hydrogen-bond acceptors (Lipinski definition) is 3. The molecule has 0 spiro atoms. The number of amides is 1. The van der Waals surface area contributed by atoms with Gasteiger partial charge in [-0.3, -0.25) is 4.79 Å². The first-order valence-electron chi connectivity index (χ1n) is 6.13. The summed E-state index contributed by atoms with van der Waals surface area (Å²) in [6.07, 6.45) is 0. The summed E-state index contributed by atoms with van der Waals surface area (Å²) >= 11 is 0. The summed E-state index contributed by atoms with van der Waals surface area (Å²) in [6.45, 7) is -0.688. The van der Waals surface area contributed by atoms with E-state index in [1.807, 2.05) is 0 Å². The lowest BCUT2D eigenvalue weighted by Gasteiger charge is -2.07. The lowest BCUT2D eigenvalue weighted by molar-refractivity contribution is -0.119. The largest absolute Gasteiger partial charge is 0.452 e. The first-order chi connectivity index (χ1) is 10.5. The van der Waals surface area contributed by atoms with Crippen LogP contribution in [0.5, 0.6) is 0 Å². The molecule has 4 nitrogen and oxygen atoms in total. The van der Waals surface area contributed by atoms with Crippen molar-refractivity contribution in [2.24, 2.45) is 0 Å². The second-order valence-electron chi connectivity index (χ2n) is 4.26. The zero-order valence-corrected chi connectivity index (χ0v) is 11.1. The van der Waals surface area contributed by atoms with Gasteiger partial charge in [-0.2, -0.15) is 0 Å². The molecule has 0 aliphatic rings. The summed E-state index contributed by atoms with van der Waals surface area (Å²) in [5.74, 6) is -4.08.